The van der Waals surface area contributed by atoms with Gasteiger partial charge < -0.3 is 9.47 Å². The van der Waals surface area contributed by atoms with Crippen molar-refractivity contribution in [1.82, 2.24) is 9.44 Å². The largest absolute Gasteiger partial charge is 0.490 e. The van der Waals surface area contributed by atoms with Crippen LogP contribution in [0, 0.1) is 0 Å². The van der Waals surface area contributed by atoms with Crippen molar-refractivity contribution in [3.05, 3.63) is 18.2 Å². The molecule has 2 atom stereocenters. The minimum atomic E-state index is -3.84. The van der Waals surface area contributed by atoms with Gasteiger partial charge in [0.05, 0.1) is 24.4 Å². The molecule has 8 nitrogen and oxygen atoms in total. The normalized spacial score (nSPS) is 21.0. The van der Waals surface area contributed by atoms with Crippen molar-refractivity contribution < 1.29 is 26.3 Å². The number of benzene rings is 1. The molecule has 0 spiro atoms. The number of rotatable bonds is 9. The molecular formula is C17H28N2O6S2. The predicted molar refractivity (Wildman–Crippen MR) is 103 cm³/mol. The minimum absolute atomic E-state index is 0.0538. The quantitative estimate of drug-likeness (QED) is 0.628. The molecule has 27 heavy (non-hydrogen) atoms. The molecule has 0 heterocycles. The second-order valence-electron chi connectivity index (χ2n) is 6.48. The van der Waals surface area contributed by atoms with Crippen LogP contribution in [0.5, 0.6) is 11.5 Å². The second kappa shape index (κ2) is 9.22. The molecule has 1 fully saturated rings. The zero-order valence-corrected chi connectivity index (χ0v) is 17.5. The van der Waals surface area contributed by atoms with Gasteiger partial charge in [0.2, 0.25) is 20.0 Å². The van der Waals surface area contributed by atoms with Crippen LogP contribution in [0.25, 0.3) is 0 Å². The highest BCUT2D eigenvalue weighted by Gasteiger charge is 2.31. The third kappa shape index (κ3) is 6.34. The molecule has 10 heteroatoms. The first kappa shape index (κ1) is 21.9. The fraction of sp³-hybridized carbons (Fsp3) is 0.647. The number of ether oxygens (including phenoxy) is 2. The van der Waals surface area contributed by atoms with Crippen LogP contribution in [-0.2, 0) is 20.0 Å². The van der Waals surface area contributed by atoms with Crippen LogP contribution in [0.1, 0.15) is 39.5 Å². The third-order valence-electron chi connectivity index (χ3n) is 4.26. The summed E-state index contributed by atoms with van der Waals surface area (Å²) in [5.74, 6) is 0.837. The monoisotopic (exact) mass is 420 g/mol. The Bertz CT molecular complexity index is 839. The average molecular weight is 421 g/mol. The van der Waals surface area contributed by atoms with Gasteiger partial charge in [0.25, 0.3) is 0 Å². The Balaban J connectivity index is 2.25. The van der Waals surface area contributed by atoms with Crippen LogP contribution in [0.4, 0.5) is 0 Å². The van der Waals surface area contributed by atoms with E-state index in [4.69, 9.17) is 9.47 Å². The molecule has 1 aromatic carbocycles. The van der Waals surface area contributed by atoms with Gasteiger partial charge in [-0.3, -0.25) is 0 Å². The lowest BCUT2D eigenvalue weighted by Gasteiger charge is -2.32. The van der Waals surface area contributed by atoms with Gasteiger partial charge >= 0.3 is 0 Å². The van der Waals surface area contributed by atoms with Gasteiger partial charge in [-0.25, -0.2) is 26.3 Å². The Labute approximate surface area is 161 Å². The molecule has 0 bridgehead atoms. The molecule has 2 unspecified atom stereocenters. The van der Waals surface area contributed by atoms with E-state index in [1.54, 1.807) is 13.0 Å². The van der Waals surface area contributed by atoms with Gasteiger partial charge in [0.15, 0.2) is 11.5 Å². The van der Waals surface area contributed by atoms with Crippen molar-refractivity contribution in [3.8, 4) is 11.5 Å². The molecule has 1 aromatic rings. The first-order valence-corrected chi connectivity index (χ1v) is 12.4. The zero-order chi connectivity index (χ0) is 20.1. The Hall–Kier alpha value is -1.36. The molecule has 0 saturated heterocycles. The van der Waals surface area contributed by atoms with Gasteiger partial charge in [-0.2, -0.15) is 0 Å². The van der Waals surface area contributed by atoms with Crippen LogP contribution in [0.2, 0.25) is 0 Å². The summed E-state index contributed by atoms with van der Waals surface area (Å²) in [6, 6.07) is 3.49. The van der Waals surface area contributed by atoms with E-state index in [1.165, 1.54) is 12.1 Å². The molecule has 0 aromatic heterocycles. The highest BCUT2D eigenvalue weighted by Crippen LogP contribution is 2.31. The Morgan fingerprint density at radius 3 is 2.04 bits per heavy atom. The molecular weight excluding hydrogens is 392 g/mol. The third-order valence-corrected chi connectivity index (χ3v) is 6.48. The summed E-state index contributed by atoms with van der Waals surface area (Å²) in [6.45, 7) is 4.45. The van der Waals surface area contributed by atoms with Crippen molar-refractivity contribution in [3.63, 3.8) is 0 Å². The number of hydrogen-bond acceptors (Lipinski definition) is 6. The van der Waals surface area contributed by atoms with Gasteiger partial charge in [-0.1, -0.05) is 12.8 Å². The molecule has 0 amide bonds. The summed E-state index contributed by atoms with van der Waals surface area (Å²) in [7, 11) is -7.27. The lowest BCUT2D eigenvalue weighted by molar-refractivity contribution is 0.287. The minimum Gasteiger partial charge on any atom is -0.490 e. The number of nitrogens with one attached hydrogen (secondary N) is 2. The van der Waals surface area contributed by atoms with Crippen LogP contribution >= 0.6 is 0 Å². The summed E-state index contributed by atoms with van der Waals surface area (Å²) in [4.78, 5) is 0.0538. The fourth-order valence-corrected chi connectivity index (χ4v) is 5.31. The lowest BCUT2D eigenvalue weighted by atomic mass is 9.92. The molecule has 2 rings (SSSR count). The van der Waals surface area contributed by atoms with E-state index in [1.807, 2.05) is 6.92 Å². The van der Waals surface area contributed by atoms with E-state index in [-0.39, 0.29) is 4.90 Å². The topological polar surface area (TPSA) is 111 Å². The van der Waals surface area contributed by atoms with Crippen molar-refractivity contribution in [2.24, 2.45) is 0 Å². The molecule has 0 radical (unpaired) electrons. The van der Waals surface area contributed by atoms with E-state index in [2.05, 4.69) is 9.44 Å². The second-order valence-corrected chi connectivity index (χ2v) is 9.98. The Morgan fingerprint density at radius 1 is 0.926 bits per heavy atom. The van der Waals surface area contributed by atoms with Crippen molar-refractivity contribution in [2.75, 3.05) is 19.5 Å². The van der Waals surface area contributed by atoms with Gasteiger partial charge in [0.1, 0.15) is 0 Å². The van der Waals surface area contributed by atoms with Crippen LogP contribution < -0.4 is 18.9 Å². The zero-order valence-electron chi connectivity index (χ0n) is 15.9. The first-order chi connectivity index (χ1) is 12.7. The highest BCUT2D eigenvalue weighted by molar-refractivity contribution is 7.89. The van der Waals surface area contributed by atoms with Crippen LogP contribution in [0.15, 0.2) is 23.1 Å². The van der Waals surface area contributed by atoms with E-state index in [0.29, 0.717) is 37.6 Å². The Morgan fingerprint density at radius 2 is 1.48 bits per heavy atom. The number of hydrogen-bond donors (Lipinski definition) is 2. The highest BCUT2D eigenvalue weighted by atomic mass is 32.2. The van der Waals surface area contributed by atoms with Gasteiger partial charge in [0, 0.05) is 18.2 Å². The SMILES string of the molecule is CCOc1ccc(S(=O)(=O)NC2CCCCC2NS(C)(=O)=O)cc1OCC. The average Bonchev–Trinajstić information content (AvgIpc) is 2.57. The summed E-state index contributed by atoms with van der Waals surface area (Å²) >= 11 is 0. The molecule has 154 valence electrons. The lowest BCUT2D eigenvalue weighted by Crippen LogP contribution is -2.52. The fourth-order valence-electron chi connectivity index (χ4n) is 3.15. The van der Waals surface area contributed by atoms with E-state index in [0.717, 1.165) is 19.1 Å². The van der Waals surface area contributed by atoms with E-state index in [9.17, 15) is 16.8 Å². The van der Waals surface area contributed by atoms with Gasteiger partial charge in [-0.05, 0) is 38.8 Å². The Kier molecular flexibility index (Phi) is 7.49. The van der Waals surface area contributed by atoms with Crippen molar-refractivity contribution >= 4 is 20.0 Å². The maximum absolute atomic E-state index is 12.9. The summed E-state index contributed by atoms with van der Waals surface area (Å²) < 4.78 is 65.0. The van der Waals surface area contributed by atoms with Crippen molar-refractivity contribution in [2.45, 2.75) is 56.5 Å². The summed E-state index contributed by atoms with van der Waals surface area (Å²) in [5, 5.41) is 0. The van der Waals surface area contributed by atoms with Crippen LogP contribution in [-0.4, -0.2) is 48.4 Å². The van der Waals surface area contributed by atoms with E-state index < -0.39 is 32.1 Å². The van der Waals surface area contributed by atoms with Gasteiger partial charge in [-0.15, -0.1) is 0 Å². The molecule has 2 N–H and O–H groups in total. The predicted octanol–water partition coefficient (Wildman–Crippen LogP) is 1.62. The molecule has 1 saturated carbocycles. The van der Waals surface area contributed by atoms with Crippen molar-refractivity contribution in [1.29, 1.82) is 0 Å². The summed E-state index contributed by atoms with van der Waals surface area (Å²) in [5.41, 5.74) is 0. The maximum Gasteiger partial charge on any atom is 0.241 e. The van der Waals surface area contributed by atoms with Crippen LogP contribution in [0.3, 0.4) is 0 Å². The van der Waals surface area contributed by atoms with E-state index >= 15 is 0 Å². The number of sulfonamides is 2. The smallest absolute Gasteiger partial charge is 0.241 e. The summed E-state index contributed by atoms with van der Waals surface area (Å²) in [6.07, 6.45) is 3.93. The standard InChI is InChI=1S/C17H28N2O6S2/c1-4-24-16-11-10-13(12-17(16)25-5-2)27(22,23)19-15-9-7-6-8-14(15)18-26(3,20)21/h10-12,14-15,18-19H,4-9H2,1-3H3. The maximum atomic E-state index is 12.9. The molecule has 1 aliphatic carbocycles. The first-order valence-electron chi connectivity index (χ1n) is 9.05. The molecule has 1 aliphatic rings. The molecule has 0 aliphatic heterocycles.